The smallest absolute Gasteiger partial charge is 0.0648 e. The Morgan fingerprint density at radius 2 is 2.06 bits per heavy atom. The van der Waals surface area contributed by atoms with Gasteiger partial charge < -0.3 is 4.90 Å². The van der Waals surface area contributed by atoms with Crippen LogP contribution < -0.4 is 5.01 Å². The van der Waals surface area contributed by atoms with Gasteiger partial charge in [0.2, 0.25) is 0 Å². The van der Waals surface area contributed by atoms with E-state index in [9.17, 15) is 0 Å². The highest BCUT2D eigenvalue weighted by molar-refractivity contribution is 5.59. The van der Waals surface area contributed by atoms with Gasteiger partial charge in [0.05, 0.1) is 5.69 Å². The summed E-state index contributed by atoms with van der Waals surface area (Å²) in [4.78, 5) is 2.16. The van der Waals surface area contributed by atoms with E-state index in [1.807, 2.05) is 6.92 Å². The van der Waals surface area contributed by atoms with Crippen molar-refractivity contribution < 1.29 is 0 Å². The fourth-order valence-electron chi connectivity index (χ4n) is 1.66. The molecule has 1 aromatic rings. The number of rotatable bonds is 5. The zero-order valence-corrected chi connectivity index (χ0v) is 11.1. The Labute approximate surface area is 104 Å². The summed E-state index contributed by atoms with van der Waals surface area (Å²) < 4.78 is 0. The first kappa shape index (κ1) is 13.5. The average molecular weight is 231 g/mol. The maximum Gasteiger partial charge on any atom is 0.0648 e. The van der Waals surface area contributed by atoms with Gasteiger partial charge in [0, 0.05) is 19.0 Å². The molecular weight excluding hydrogens is 210 g/mol. The first-order chi connectivity index (χ1) is 8.08. The van der Waals surface area contributed by atoms with E-state index in [0.29, 0.717) is 0 Å². The summed E-state index contributed by atoms with van der Waals surface area (Å²) in [7, 11) is 4.14. The number of nitrogens with zero attached hydrogens (tertiary/aromatic N) is 3. The zero-order valence-electron chi connectivity index (χ0n) is 11.1. The van der Waals surface area contributed by atoms with Gasteiger partial charge in [-0.05, 0) is 51.2 Å². The topological polar surface area (TPSA) is 18.8 Å². The van der Waals surface area contributed by atoms with Crippen molar-refractivity contribution in [1.29, 1.82) is 0 Å². The van der Waals surface area contributed by atoms with Crippen LogP contribution in [0.5, 0.6) is 0 Å². The Balaban J connectivity index is 3.05. The quantitative estimate of drug-likeness (QED) is 0.573. The van der Waals surface area contributed by atoms with Crippen molar-refractivity contribution in [3.63, 3.8) is 0 Å². The van der Waals surface area contributed by atoms with Gasteiger partial charge in [0.15, 0.2) is 0 Å². The van der Waals surface area contributed by atoms with E-state index in [2.05, 4.69) is 55.8 Å². The van der Waals surface area contributed by atoms with Crippen LogP contribution in [0.1, 0.15) is 18.1 Å². The minimum atomic E-state index is 0.931. The molecule has 17 heavy (non-hydrogen) atoms. The molecule has 0 fully saturated rings. The van der Waals surface area contributed by atoms with Gasteiger partial charge in [-0.1, -0.05) is 12.6 Å². The van der Waals surface area contributed by atoms with Crippen molar-refractivity contribution in [2.24, 2.45) is 5.10 Å². The molecule has 0 amide bonds. The second kappa shape index (κ2) is 6.21. The van der Waals surface area contributed by atoms with E-state index < -0.39 is 0 Å². The lowest BCUT2D eigenvalue weighted by atomic mass is 10.1. The largest absolute Gasteiger partial charge is 0.305 e. The summed E-state index contributed by atoms with van der Waals surface area (Å²) in [5.41, 5.74) is 3.65. The predicted molar refractivity (Wildman–Crippen MR) is 75.4 cm³/mol. The highest BCUT2D eigenvalue weighted by Gasteiger charge is 2.05. The molecule has 92 valence electrons. The molecule has 3 nitrogen and oxygen atoms in total. The SMILES string of the molecule is C=CN(/N=C\C)c1ccc(C)c(CN(C)C)c1. The highest BCUT2D eigenvalue weighted by atomic mass is 15.4. The maximum atomic E-state index is 4.24. The maximum absolute atomic E-state index is 4.24. The summed E-state index contributed by atoms with van der Waals surface area (Å²) in [6, 6.07) is 6.34. The third-order valence-corrected chi connectivity index (χ3v) is 2.50. The Hall–Kier alpha value is -1.61. The van der Waals surface area contributed by atoms with Crippen LogP contribution in [-0.2, 0) is 6.54 Å². The standard InChI is InChI=1S/C14H21N3/c1-6-15-17(7-2)14-9-8-12(3)13(10-14)11-16(4)5/h6-10H,2,11H2,1,3-5H3/b15-6-. The third kappa shape index (κ3) is 3.71. The minimum absolute atomic E-state index is 0.931. The van der Waals surface area contributed by atoms with Crippen molar-refractivity contribution in [2.45, 2.75) is 20.4 Å². The molecule has 0 bridgehead atoms. The van der Waals surface area contributed by atoms with E-state index in [-0.39, 0.29) is 0 Å². The van der Waals surface area contributed by atoms with Crippen LogP contribution in [0.15, 0.2) is 36.1 Å². The summed E-state index contributed by atoms with van der Waals surface area (Å²) in [6.07, 6.45) is 3.47. The number of aryl methyl sites for hydroxylation is 1. The van der Waals surface area contributed by atoms with Gasteiger partial charge in [-0.2, -0.15) is 5.10 Å². The first-order valence-electron chi connectivity index (χ1n) is 5.73. The van der Waals surface area contributed by atoms with Crippen LogP contribution in [0.4, 0.5) is 5.69 Å². The van der Waals surface area contributed by atoms with E-state index in [0.717, 1.165) is 12.2 Å². The van der Waals surface area contributed by atoms with Crippen molar-refractivity contribution in [1.82, 2.24) is 4.90 Å². The number of hydrogen-bond donors (Lipinski definition) is 0. The molecule has 0 N–H and O–H groups in total. The van der Waals surface area contributed by atoms with Gasteiger partial charge in [-0.3, -0.25) is 0 Å². The second-order valence-corrected chi connectivity index (χ2v) is 4.25. The summed E-state index contributed by atoms with van der Waals surface area (Å²) in [5.74, 6) is 0. The van der Waals surface area contributed by atoms with Gasteiger partial charge in [-0.25, -0.2) is 5.01 Å². The van der Waals surface area contributed by atoms with Crippen LogP contribution in [0.25, 0.3) is 0 Å². The fourth-order valence-corrected chi connectivity index (χ4v) is 1.66. The van der Waals surface area contributed by atoms with Gasteiger partial charge in [0.25, 0.3) is 0 Å². The van der Waals surface area contributed by atoms with E-state index in [1.165, 1.54) is 11.1 Å². The van der Waals surface area contributed by atoms with E-state index >= 15 is 0 Å². The lowest BCUT2D eigenvalue weighted by Crippen LogP contribution is -2.13. The molecule has 0 aliphatic heterocycles. The molecule has 0 saturated carbocycles. The normalized spacial score (nSPS) is 11.1. The lowest BCUT2D eigenvalue weighted by molar-refractivity contribution is 0.401. The number of hydrazone groups is 1. The number of hydrogen-bond acceptors (Lipinski definition) is 3. The highest BCUT2D eigenvalue weighted by Crippen LogP contribution is 2.20. The van der Waals surface area contributed by atoms with Gasteiger partial charge in [-0.15, -0.1) is 0 Å². The lowest BCUT2D eigenvalue weighted by Gasteiger charge is -2.18. The molecule has 0 spiro atoms. The van der Waals surface area contributed by atoms with Crippen molar-refractivity contribution in [3.8, 4) is 0 Å². The molecule has 0 saturated heterocycles. The van der Waals surface area contributed by atoms with Crippen LogP contribution in [0.2, 0.25) is 0 Å². The first-order valence-corrected chi connectivity index (χ1v) is 5.73. The molecular formula is C14H21N3. The molecule has 3 heteroatoms. The van der Waals surface area contributed by atoms with Crippen LogP contribution in [0.3, 0.4) is 0 Å². The summed E-state index contributed by atoms with van der Waals surface area (Å²) in [5, 5.41) is 6.02. The molecule has 0 radical (unpaired) electrons. The Bertz CT molecular complexity index is 408. The van der Waals surface area contributed by atoms with Crippen LogP contribution >= 0.6 is 0 Å². The molecule has 0 heterocycles. The Kier molecular flexibility index (Phi) is 4.91. The molecule has 0 atom stereocenters. The van der Waals surface area contributed by atoms with Crippen LogP contribution in [-0.4, -0.2) is 25.2 Å². The van der Waals surface area contributed by atoms with Crippen molar-refractivity contribution >= 4 is 11.9 Å². The molecule has 0 aliphatic rings. The molecule has 0 unspecified atom stereocenters. The molecule has 0 aromatic heterocycles. The second-order valence-electron chi connectivity index (χ2n) is 4.25. The van der Waals surface area contributed by atoms with Gasteiger partial charge in [0.1, 0.15) is 0 Å². The Morgan fingerprint density at radius 1 is 1.35 bits per heavy atom. The van der Waals surface area contributed by atoms with E-state index in [4.69, 9.17) is 0 Å². The van der Waals surface area contributed by atoms with Crippen LogP contribution in [0, 0.1) is 6.92 Å². The van der Waals surface area contributed by atoms with Gasteiger partial charge >= 0.3 is 0 Å². The van der Waals surface area contributed by atoms with E-state index in [1.54, 1.807) is 17.4 Å². The average Bonchev–Trinajstić information content (AvgIpc) is 2.28. The zero-order chi connectivity index (χ0) is 12.8. The monoisotopic (exact) mass is 231 g/mol. The predicted octanol–water partition coefficient (Wildman–Crippen LogP) is 3.01. The molecule has 1 rings (SSSR count). The minimum Gasteiger partial charge on any atom is -0.305 e. The number of benzene rings is 1. The summed E-state index contributed by atoms with van der Waals surface area (Å²) >= 11 is 0. The third-order valence-electron chi connectivity index (χ3n) is 2.50. The number of anilines is 1. The Morgan fingerprint density at radius 3 is 2.59 bits per heavy atom. The van der Waals surface area contributed by atoms with Crippen molar-refractivity contribution in [3.05, 3.63) is 42.1 Å². The molecule has 0 aliphatic carbocycles. The summed E-state index contributed by atoms with van der Waals surface area (Å²) in [6.45, 7) is 8.73. The fraction of sp³-hybridized carbons (Fsp3) is 0.357. The molecule has 1 aromatic carbocycles. The van der Waals surface area contributed by atoms with Crippen molar-refractivity contribution in [2.75, 3.05) is 19.1 Å².